The Labute approximate surface area is 170 Å². The minimum atomic E-state index is -0.644. The molecule has 1 unspecified atom stereocenters. The molecule has 0 radical (unpaired) electrons. The average molecular weight is 404 g/mol. The van der Waals surface area contributed by atoms with Crippen LogP contribution in [-0.4, -0.2) is 38.9 Å². The van der Waals surface area contributed by atoms with Crippen LogP contribution in [0.2, 0.25) is 0 Å². The van der Waals surface area contributed by atoms with E-state index in [1.165, 1.54) is 17.0 Å². The maximum atomic E-state index is 13.3. The first kappa shape index (κ1) is 18.2. The van der Waals surface area contributed by atoms with Gasteiger partial charge in [0, 0.05) is 29.7 Å². The molecule has 2 aromatic carbocycles. The highest BCUT2D eigenvalue weighted by atomic mass is 19.1. The van der Waals surface area contributed by atoms with Crippen LogP contribution < -0.4 is 5.32 Å². The summed E-state index contributed by atoms with van der Waals surface area (Å²) in [5, 5.41) is 9.39. The minimum Gasteiger partial charge on any atom is -0.322 e. The number of nitrogens with one attached hydrogen (secondary N) is 2. The fraction of sp³-hybridized carbons (Fsp3) is 0.182. The molecule has 2 N–H and O–H groups in total. The molecule has 5 rings (SSSR count). The number of benzene rings is 2. The highest BCUT2D eigenvalue weighted by molar-refractivity contribution is 6.05. The van der Waals surface area contributed by atoms with Crippen molar-refractivity contribution in [2.45, 2.75) is 25.4 Å². The van der Waals surface area contributed by atoms with E-state index in [0.29, 0.717) is 18.5 Å². The zero-order chi connectivity index (χ0) is 20.8. The standard InChI is InChI=1S/C22H17FN4O3/c23-15-4-1-12(2-5-15)20-17(10-24-26-20)13-3-6-16-14(9-13)11-27(22(16)30)18-7-8-19(28)25-21(18)29/h1-6,9-10,18H,7-8,11H2,(H,24,26)(H,25,28,29). The van der Waals surface area contributed by atoms with Crippen molar-refractivity contribution in [3.05, 3.63) is 65.6 Å². The van der Waals surface area contributed by atoms with Crippen molar-refractivity contribution in [1.82, 2.24) is 20.4 Å². The monoisotopic (exact) mass is 404 g/mol. The number of nitrogens with zero attached hydrogens (tertiary/aromatic N) is 2. The van der Waals surface area contributed by atoms with Gasteiger partial charge in [0.25, 0.3) is 5.91 Å². The molecular formula is C22H17FN4O3. The first-order valence-corrected chi connectivity index (χ1v) is 9.58. The number of hydrogen-bond acceptors (Lipinski definition) is 4. The summed E-state index contributed by atoms with van der Waals surface area (Å²) in [5.74, 6) is -1.27. The Morgan fingerprint density at radius 1 is 1.00 bits per heavy atom. The molecule has 150 valence electrons. The summed E-state index contributed by atoms with van der Waals surface area (Å²) in [6.07, 6.45) is 2.24. The van der Waals surface area contributed by atoms with Crippen LogP contribution >= 0.6 is 0 Å². The van der Waals surface area contributed by atoms with E-state index in [1.54, 1.807) is 24.4 Å². The molecule has 30 heavy (non-hydrogen) atoms. The Morgan fingerprint density at radius 2 is 1.77 bits per heavy atom. The van der Waals surface area contributed by atoms with Gasteiger partial charge in [-0.1, -0.05) is 6.07 Å². The molecule has 1 saturated heterocycles. The summed E-state index contributed by atoms with van der Waals surface area (Å²) >= 11 is 0. The maximum absolute atomic E-state index is 13.3. The van der Waals surface area contributed by atoms with Crippen LogP contribution in [0.1, 0.15) is 28.8 Å². The van der Waals surface area contributed by atoms with Crippen LogP contribution in [0.15, 0.2) is 48.7 Å². The second-order valence-electron chi connectivity index (χ2n) is 7.44. The third-order valence-corrected chi connectivity index (χ3v) is 5.61. The molecule has 3 aromatic rings. The van der Waals surface area contributed by atoms with Gasteiger partial charge in [0.1, 0.15) is 11.9 Å². The number of aromatic nitrogens is 2. The van der Waals surface area contributed by atoms with E-state index in [9.17, 15) is 18.8 Å². The van der Waals surface area contributed by atoms with Crippen molar-refractivity contribution in [2.24, 2.45) is 0 Å². The number of carbonyl (C=O) groups is 3. The molecule has 7 nitrogen and oxygen atoms in total. The number of fused-ring (bicyclic) bond motifs is 1. The lowest BCUT2D eigenvalue weighted by atomic mass is 9.98. The molecular weight excluding hydrogens is 387 g/mol. The van der Waals surface area contributed by atoms with Crippen LogP contribution in [0.4, 0.5) is 4.39 Å². The Bertz CT molecular complexity index is 1190. The highest BCUT2D eigenvalue weighted by Crippen LogP contribution is 2.34. The number of carbonyl (C=O) groups excluding carboxylic acids is 3. The number of amides is 3. The molecule has 1 atom stereocenters. The molecule has 2 aliphatic heterocycles. The number of hydrogen-bond donors (Lipinski definition) is 2. The van der Waals surface area contributed by atoms with Crippen LogP contribution in [0.3, 0.4) is 0 Å². The molecule has 8 heteroatoms. The molecule has 3 heterocycles. The Hall–Kier alpha value is -3.81. The SMILES string of the molecule is O=C1CCC(N2Cc3cc(-c4cn[nH]c4-c4ccc(F)cc4)ccc3C2=O)C(=O)N1. The molecule has 1 aromatic heterocycles. The molecule has 1 fully saturated rings. The highest BCUT2D eigenvalue weighted by Gasteiger charge is 2.39. The number of rotatable bonds is 3. The smallest absolute Gasteiger partial charge is 0.255 e. The second-order valence-corrected chi connectivity index (χ2v) is 7.44. The second kappa shape index (κ2) is 6.91. The Balaban J connectivity index is 1.46. The van der Waals surface area contributed by atoms with Crippen molar-refractivity contribution in [3.63, 3.8) is 0 Å². The molecule has 0 saturated carbocycles. The summed E-state index contributed by atoms with van der Waals surface area (Å²) in [6, 6.07) is 11.0. The molecule has 3 amide bonds. The first-order chi connectivity index (χ1) is 14.5. The molecule has 0 bridgehead atoms. The number of imide groups is 1. The number of H-pyrrole nitrogens is 1. The van der Waals surface area contributed by atoms with Gasteiger partial charge in [-0.3, -0.25) is 24.8 Å². The largest absolute Gasteiger partial charge is 0.322 e. The number of piperidine rings is 1. The van der Waals surface area contributed by atoms with Crippen LogP contribution in [0.25, 0.3) is 22.4 Å². The third kappa shape index (κ3) is 2.97. The quantitative estimate of drug-likeness (QED) is 0.656. The minimum absolute atomic E-state index is 0.211. The third-order valence-electron chi connectivity index (χ3n) is 5.61. The predicted octanol–water partition coefficient (Wildman–Crippen LogP) is 2.64. The van der Waals surface area contributed by atoms with Gasteiger partial charge >= 0.3 is 0 Å². The van der Waals surface area contributed by atoms with Crippen LogP contribution in [0, 0.1) is 5.82 Å². The zero-order valence-electron chi connectivity index (χ0n) is 15.8. The Morgan fingerprint density at radius 3 is 2.53 bits per heavy atom. The van der Waals surface area contributed by atoms with Crippen molar-refractivity contribution in [1.29, 1.82) is 0 Å². The van der Waals surface area contributed by atoms with Crippen molar-refractivity contribution < 1.29 is 18.8 Å². The summed E-state index contributed by atoms with van der Waals surface area (Å²) in [6.45, 7) is 0.304. The summed E-state index contributed by atoms with van der Waals surface area (Å²) in [4.78, 5) is 38.0. The lowest BCUT2D eigenvalue weighted by Crippen LogP contribution is -2.52. The lowest BCUT2D eigenvalue weighted by Gasteiger charge is -2.29. The van der Waals surface area contributed by atoms with Gasteiger partial charge in [-0.25, -0.2) is 4.39 Å². The zero-order valence-corrected chi connectivity index (χ0v) is 15.8. The van der Waals surface area contributed by atoms with E-state index < -0.39 is 11.9 Å². The average Bonchev–Trinajstić information content (AvgIpc) is 3.34. The molecule has 0 aliphatic carbocycles. The van der Waals surface area contributed by atoms with Crippen LogP contribution in [-0.2, 0) is 16.1 Å². The van der Waals surface area contributed by atoms with E-state index >= 15 is 0 Å². The predicted molar refractivity (Wildman–Crippen MR) is 105 cm³/mol. The van der Waals surface area contributed by atoms with E-state index in [1.807, 2.05) is 12.1 Å². The molecule has 0 spiro atoms. The number of halogens is 1. The van der Waals surface area contributed by atoms with Gasteiger partial charge in [-0.15, -0.1) is 0 Å². The summed E-state index contributed by atoms with van der Waals surface area (Å²) < 4.78 is 13.3. The van der Waals surface area contributed by atoms with Crippen LogP contribution in [0.5, 0.6) is 0 Å². The summed E-state index contributed by atoms with van der Waals surface area (Å²) in [5.41, 5.74) is 4.60. The topological polar surface area (TPSA) is 95.2 Å². The van der Waals surface area contributed by atoms with E-state index in [4.69, 9.17) is 0 Å². The van der Waals surface area contributed by atoms with E-state index in [-0.39, 0.29) is 24.1 Å². The Kier molecular flexibility index (Phi) is 4.20. The normalized spacial score (nSPS) is 18.5. The molecule has 2 aliphatic rings. The summed E-state index contributed by atoms with van der Waals surface area (Å²) in [7, 11) is 0. The van der Waals surface area contributed by atoms with E-state index in [0.717, 1.165) is 27.9 Å². The van der Waals surface area contributed by atoms with Gasteiger partial charge in [0.2, 0.25) is 11.8 Å². The maximum Gasteiger partial charge on any atom is 0.255 e. The number of aromatic amines is 1. The van der Waals surface area contributed by atoms with Gasteiger partial charge < -0.3 is 4.90 Å². The van der Waals surface area contributed by atoms with Crippen molar-refractivity contribution >= 4 is 17.7 Å². The first-order valence-electron chi connectivity index (χ1n) is 9.58. The van der Waals surface area contributed by atoms with Gasteiger partial charge in [-0.2, -0.15) is 5.10 Å². The fourth-order valence-corrected chi connectivity index (χ4v) is 4.08. The van der Waals surface area contributed by atoms with Gasteiger partial charge in [0.15, 0.2) is 0 Å². The fourth-order valence-electron chi connectivity index (χ4n) is 4.08. The van der Waals surface area contributed by atoms with Crippen molar-refractivity contribution in [3.8, 4) is 22.4 Å². The lowest BCUT2D eigenvalue weighted by molar-refractivity contribution is -0.136. The van der Waals surface area contributed by atoms with Gasteiger partial charge in [0.05, 0.1) is 11.9 Å². The van der Waals surface area contributed by atoms with Crippen molar-refractivity contribution in [2.75, 3.05) is 0 Å². The van der Waals surface area contributed by atoms with E-state index in [2.05, 4.69) is 15.5 Å². The van der Waals surface area contributed by atoms with Gasteiger partial charge in [-0.05, 0) is 53.9 Å².